The number of benzene rings is 1. The van der Waals surface area contributed by atoms with Crippen LogP contribution in [0.25, 0.3) is 0 Å². The molecule has 0 saturated carbocycles. The minimum Gasteiger partial charge on any atom is -0.347 e. The summed E-state index contributed by atoms with van der Waals surface area (Å²) in [6.45, 7) is 0.494. The monoisotopic (exact) mass is 512 g/mol. The molecule has 0 spiro atoms. The summed E-state index contributed by atoms with van der Waals surface area (Å²) in [7, 11) is 3.41. The van der Waals surface area contributed by atoms with Crippen LogP contribution in [-0.2, 0) is 11.2 Å². The van der Waals surface area contributed by atoms with Crippen LogP contribution in [0.15, 0.2) is 34.6 Å². The Morgan fingerprint density at radius 2 is 1.96 bits per heavy atom. The van der Waals surface area contributed by atoms with Crippen LogP contribution < -0.4 is 10.6 Å². The van der Waals surface area contributed by atoms with E-state index >= 15 is 0 Å². The zero-order valence-electron chi connectivity index (χ0n) is 14.8. The number of rotatable bonds is 6. The van der Waals surface area contributed by atoms with Gasteiger partial charge in [-0.05, 0) is 30.0 Å². The number of amides is 1. The Labute approximate surface area is 176 Å². The first kappa shape index (κ1) is 23.2. The number of halogens is 4. The van der Waals surface area contributed by atoms with Crippen molar-refractivity contribution in [3.63, 3.8) is 0 Å². The van der Waals surface area contributed by atoms with E-state index < -0.39 is 29.0 Å². The zero-order chi connectivity index (χ0) is 19.1. The predicted molar refractivity (Wildman–Crippen MR) is 112 cm³/mol. The Hall–Kier alpha value is -1.82. The molecule has 27 heavy (non-hydrogen) atoms. The van der Waals surface area contributed by atoms with E-state index in [2.05, 4.69) is 15.6 Å². The summed E-state index contributed by atoms with van der Waals surface area (Å²) in [6, 6.07) is 5.74. The number of hydrogen-bond acceptors (Lipinski definition) is 3. The highest BCUT2D eigenvalue weighted by Crippen LogP contribution is 2.19. The number of nitrogens with zero attached hydrogens (tertiary/aromatic N) is 2. The number of thiophene rings is 1. The summed E-state index contributed by atoms with van der Waals surface area (Å²) in [5.74, 6) is -4.49. The molecule has 0 unspecified atom stereocenters. The molecule has 0 atom stereocenters. The van der Waals surface area contributed by atoms with Gasteiger partial charge in [0, 0.05) is 25.5 Å². The Kier molecular flexibility index (Phi) is 9.56. The van der Waals surface area contributed by atoms with E-state index in [0.29, 0.717) is 12.5 Å². The molecule has 1 heterocycles. The van der Waals surface area contributed by atoms with E-state index in [-0.39, 0.29) is 30.5 Å². The molecule has 2 aromatic rings. The van der Waals surface area contributed by atoms with E-state index in [1.807, 2.05) is 29.5 Å². The second-order valence-electron chi connectivity index (χ2n) is 5.42. The smallest absolute Gasteiger partial charge is 0.243 e. The largest absolute Gasteiger partial charge is 0.347 e. The lowest BCUT2D eigenvalue weighted by Gasteiger charge is -2.21. The number of nitrogens with one attached hydrogen (secondary N) is 2. The first-order valence-corrected chi connectivity index (χ1v) is 8.68. The number of carbonyl (C=O) groups excluding carboxylic acids is 1. The van der Waals surface area contributed by atoms with Crippen LogP contribution in [0.5, 0.6) is 0 Å². The molecule has 0 aliphatic carbocycles. The molecule has 10 heteroatoms. The summed E-state index contributed by atoms with van der Waals surface area (Å²) in [6.07, 6.45) is 0.834. The van der Waals surface area contributed by atoms with Crippen LogP contribution in [0.4, 0.5) is 18.9 Å². The molecule has 148 valence electrons. The molecule has 2 N–H and O–H groups in total. The highest BCUT2D eigenvalue weighted by Gasteiger charge is 2.15. The fourth-order valence-electron chi connectivity index (χ4n) is 2.20. The van der Waals surface area contributed by atoms with Crippen molar-refractivity contribution >= 4 is 52.9 Å². The van der Waals surface area contributed by atoms with Gasteiger partial charge in [0.25, 0.3) is 0 Å². The first-order valence-electron chi connectivity index (χ1n) is 7.80. The van der Waals surface area contributed by atoms with Crippen molar-refractivity contribution in [3.8, 4) is 0 Å². The van der Waals surface area contributed by atoms with Gasteiger partial charge in [-0.2, -0.15) is 0 Å². The highest BCUT2D eigenvalue weighted by molar-refractivity contribution is 14.0. The van der Waals surface area contributed by atoms with Crippen molar-refractivity contribution in [2.24, 2.45) is 4.99 Å². The van der Waals surface area contributed by atoms with E-state index in [1.165, 1.54) is 4.88 Å². The summed E-state index contributed by atoms with van der Waals surface area (Å²) >= 11 is 1.66. The van der Waals surface area contributed by atoms with Crippen molar-refractivity contribution in [1.29, 1.82) is 0 Å². The molecule has 0 saturated heterocycles. The third-order valence-corrected chi connectivity index (χ3v) is 4.50. The van der Waals surface area contributed by atoms with Crippen LogP contribution in [0.2, 0.25) is 0 Å². The SMILES string of the molecule is CN=C(NCC(=O)Nc1ccc(F)c(F)c1F)N(C)CCc1cccs1.I. The lowest BCUT2D eigenvalue weighted by atomic mass is 10.2. The summed E-state index contributed by atoms with van der Waals surface area (Å²) < 4.78 is 39.6. The lowest BCUT2D eigenvalue weighted by molar-refractivity contribution is -0.115. The number of anilines is 1. The van der Waals surface area contributed by atoms with Crippen LogP contribution in [0.3, 0.4) is 0 Å². The van der Waals surface area contributed by atoms with Gasteiger partial charge in [0.15, 0.2) is 23.4 Å². The van der Waals surface area contributed by atoms with Gasteiger partial charge in [-0.1, -0.05) is 6.07 Å². The van der Waals surface area contributed by atoms with Crippen molar-refractivity contribution < 1.29 is 18.0 Å². The van der Waals surface area contributed by atoms with Gasteiger partial charge < -0.3 is 15.5 Å². The predicted octanol–water partition coefficient (Wildman–Crippen LogP) is 3.47. The number of aliphatic imine (C=N–C) groups is 1. The summed E-state index contributed by atoms with van der Waals surface area (Å²) in [5.41, 5.74) is -0.420. The van der Waals surface area contributed by atoms with Gasteiger partial charge in [0.05, 0.1) is 12.2 Å². The third-order valence-electron chi connectivity index (χ3n) is 3.56. The maximum absolute atomic E-state index is 13.6. The van der Waals surface area contributed by atoms with Crippen molar-refractivity contribution in [2.45, 2.75) is 6.42 Å². The molecule has 2 rings (SSSR count). The fourth-order valence-corrected chi connectivity index (χ4v) is 2.90. The fraction of sp³-hybridized carbons (Fsp3) is 0.294. The van der Waals surface area contributed by atoms with Crippen molar-refractivity contribution in [3.05, 3.63) is 52.0 Å². The highest BCUT2D eigenvalue weighted by atomic mass is 127. The lowest BCUT2D eigenvalue weighted by Crippen LogP contribution is -2.43. The average Bonchev–Trinajstić information content (AvgIpc) is 3.14. The number of guanidine groups is 1. The van der Waals surface area contributed by atoms with Gasteiger partial charge in [-0.15, -0.1) is 35.3 Å². The van der Waals surface area contributed by atoms with Crippen molar-refractivity contribution in [2.75, 3.05) is 32.5 Å². The van der Waals surface area contributed by atoms with E-state index in [0.717, 1.165) is 18.6 Å². The first-order chi connectivity index (χ1) is 12.4. The molecular formula is C17H20F3IN4OS. The van der Waals surface area contributed by atoms with Gasteiger partial charge in [0.1, 0.15) is 0 Å². The maximum Gasteiger partial charge on any atom is 0.243 e. The quantitative estimate of drug-likeness (QED) is 0.270. The van der Waals surface area contributed by atoms with Crippen LogP contribution >= 0.6 is 35.3 Å². The average molecular weight is 512 g/mol. The van der Waals surface area contributed by atoms with Gasteiger partial charge in [-0.3, -0.25) is 9.79 Å². The Morgan fingerprint density at radius 1 is 1.22 bits per heavy atom. The molecular weight excluding hydrogens is 492 g/mol. The molecule has 1 aromatic carbocycles. The molecule has 0 fully saturated rings. The normalized spacial score (nSPS) is 10.9. The molecule has 1 amide bonds. The standard InChI is InChI=1S/C17H19F3N4OS.HI/c1-21-17(24(2)8-7-11-4-3-9-26-11)22-10-14(25)23-13-6-5-12(18)15(19)16(13)20;/h3-6,9H,7-8,10H2,1-2H3,(H,21,22)(H,23,25);1H. The topological polar surface area (TPSA) is 56.7 Å². The van der Waals surface area contributed by atoms with Gasteiger partial charge in [0.2, 0.25) is 5.91 Å². The summed E-state index contributed by atoms with van der Waals surface area (Å²) in [5, 5.41) is 7.04. The molecule has 5 nitrogen and oxygen atoms in total. The summed E-state index contributed by atoms with van der Waals surface area (Å²) in [4.78, 5) is 19.1. The Bertz CT molecular complexity index is 787. The van der Waals surface area contributed by atoms with E-state index in [1.54, 1.807) is 18.4 Å². The maximum atomic E-state index is 13.6. The third kappa shape index (κ3) is 6.69. The second-order valence-corrected chi connectivity index (χ2v) is 6.46. The second kappa shape index (κ2) is 11.1. The van der Waals surface area contributed by atoms with Crippen LogP contribution in [-0.4, -0.2) is 44.0 Å². The van der Waals surface area contributed by atoms with Gasteiger partial charge in [-0.25, -0.2) is 13.2 Å². The Morgan fingerprint density at radius 3 is 2.59 bits per heavy atom. The molecule has 0 aliphatic heterocycles. The zero-order valence-corrected chi connectivity index (χ0v) is 17.9. The van der Waals surface area contributed by atoms with Gasteiger partial charge >= 0.3 is 0 Å². The van der Waals surface area contributed by atoms with E-state index in [4.69, 9.17) is 0 Å². The Balaban J connectivity index is 0.00000364. The van der Waals surface area contributed by atoms with E-state index in [9.17, 15) is 18.0 Å². The minimum absolute atomic E-state index is 0. The molecule has 0 aliphatic rings. The minimum atomic E-state index is -1.63. The number of carbonyl (C=O) groups is 1. The molecule has 0 radical (unpaired) electrons. The van der Waals surface area contributed by atoms with Crippen molar-refractivity contribution in [1.82, 2.24) is 10.2 Å². The molecule has 0 bridgehead atoms. The molecule has 1 aromatic heterocycles. The number of likely N-dealkylation sites (N-methyl/N-ethyl adjacent to an activating group) is 1. The number of hydrogen-bond donors (Lipinski definition) is 2. The van der Waals surface area contributed by atoms with Crippen LogP contribution in [0.1, 0.15) is 4.88 Å². The van der Waals surface area contributed by atoms with Crippen LogP contribution in [0, 0.1) is 17.5 Å².